The van der Waals surface area contributed by atoms with Gasteiger partial charge in [0, 0.05) is 18.8 Å². The van der Waals surface area contributed by atoms with Gasteiger partial charge in [-0.15, -0.1) is 5.10 Å². The quantitative estimate of drug-likeness (QED) is 0.744. The zero-order chi connectivity index (χ0) is 18.6. The molecule has 0 unspecified atom stereocenters. The number of aromatic nitrogens is 3. The van der Waals surface area contributed by atoms with Crippen LogP contribution in [0.2, 0.25) is 0 Å². The molecule has 0 aliphatic carbocycles. The lowest BCUT2D eigenvalue weighted by Gasteiger charge is -2.24. The van der Waals surface area contributed by atoms with E-state index in [0.29, 0.717) is 12.3 Å². The maximum Gasteiger partial charge on any atom is 0.277 e. The van der Waals surface area contributed by atoms with Crippen LogP contribution in [0.4, 0.5) is 5.69 Å². The van der Waals surface area contributed by atoms with E-state index in [1.807, 2.05) is 55.5 Å². The minimum Gasteiger partial charge on any atom is -0.371 e. The van der Waals surface area contributed by atoms with Gasteiger partial charge < -0.3 is 15.4 Å². The summed E-state index contributed by atoms with van der Waals surface area (Å²) >= 11 is 0. The third kappa shape index (κ3) is 4.05. The highest BCUT2D eigenvalue weighted by atomic mass is 16.5. The van der Waals surface area contributed by atoms with Crippen LogP contribution in [0.5, 0.6) is 0 Å². The molecule has 2 heterocycles. The number of anilines is 1. The van der Waals surface area contributed by atoms with Crippen LogP contribution in [0.25, 0.3) is 5.69 Å². The summed E-state index contributed by atoms with van der Waals surface area (Å²) in [6.45, 7) is 4.41. The number of ether oxygens (including phenoxy) is 1. The first-order chi connectivity index (χ1) is 13.2. The normalized spacial score (nSPS) is 16.9. The number of morpholine rings is 1. The molecule has 1 fully saturated rings. The summed E-state index contributed by atoms with van der Waals surface area (Å²) in [6.07, 6.45) is 1.52. The molecule has 27 heavy (non-hydrogen) atoms. The van der Waals surface area contributed by atoms with Gasteiger partial charge in [-0.05, 0) is 36.8 Å². The van der Waals surface area contributed by atoms with Crippen molar-refractivity contribution in [2.75, 3.05) is 25.0 Å². The molecule has 1 saturated heterocycles. The number of amides is 1. The predicted molar refractivity (Wildman–Crippen MR) is 102 cm³/mol. The second-order valence-corrected chi connectivity index (χ2v) is 6.49. The van der Waals surface area contributed by atoms with Crippen molar-refractivity contribution in [1.29, 1.82) is 0 Å². The van der Waals surface area contributed by atoms with Gasteiger partial charge in [0.05, 0.1) is 24.6 Å². The van der Waals surface area contributed by atoms with Crippen LogP contribution in [-0.2, 0) is 4.74 Å². The molecule has 0 saturated carbocycles. The Hall–Kier alpha value is -3.03. The molecule has 4 rings (SSSR count). The number of benzene rings is 2. The molecule has 1 aromatic heterocycles. The van der Waals surface area contributed by atoms with Crippen LogP contribution in [0.1, 0.15) is 27.7 Å². The fourth-order valence-corrected chi connectivity index (χ4v) is 2.93. The van der Waals surface area contributed by atoms with Crippen LogP contribution in [0.15, 0.2) is 54.7 Å². The summed E-state index contributed by atoms with van der Waals surface area (Å²) in [5.41, 5.74) is 4.02. The lowest BCUT2D eigenvalue weighted by molar-refractivity contribution is 0.0277. The average Bonchev–Trinajstić information content (AvgIpc) is 3.20. The smallest absolute Gasteiger partial charge is 0.277 e. The number of carbonyl (C=O) groups is 1. The zero-order valence-corrected chi connectivity index (χ0v) is 15.1. The molecule has 2 aromatic carbocycles. The van der Waals surface area contributed by atoms with Crippen LogP contribution in [0.3, 0.4) is 0 Å². The van der Waals surface area contributed by atoms with E-state index in [4.69, 9.17) is 4.74 Å². The summed E-state index contributed by atoms with van der Waals surface area (Å²) in [5.74, 6) is -0.295. The first-order valence-electron chi connectivity index (χ1n) is 8.92. The van der Waals surface area contributed by atoms with Crippen molar-refractivity contribution in [3.63, 3.8) is 0 Å². The number of nitrogens with zero attached hydrogens (tertiary/aromatic N) is 3. The number of hydrogen-bond donors (Lipinski definition) is 2. The van der Waals surface area contributed by atoms with Gasteiger partial charge in [-0.3, -0.25) is 4.79 Å². The average molecular weight is 363 g/mol. The molecule has 1 atom stereocenters. The molecule has 1 amide bonds. The number of hydrogen-bond acceptors (Lipinski definition) is 5. The fraction of sp³-hybridized carbons (Fsp3) is 0.250. The first kappa shape index (κ1) is 17.4. The van der Waals surface area contributed by atoms with Gasteiger partial charge in [0.25, 0.3) is 5.91 Å². The Labute approximate surface area is 157 Å². The van der Waals surface area contributed by atoms with Crippen molar-refractivity contribution in [3.05, 3.63) is 71.5 Å². The standard InChI is InChI=1S/C20H21N5O2/c1-14-2-8-17(9-3-14)25-22-12-18(24-25)20(26)23-16-6-4-15(5-7-16)19-13-21-10-11-27-19/h2-9,12,19,21H,10-11,13H2,1H3,(H,23,26)/t19-/m1/s1. The van der Waals surface area contributed by atoms with Gasteiger partial charge in [-0.1, -0.05) is 29.8 Å². The molecule has 7 nitrogen and oxygen atoms in total. The Bertz CT molecular complexity index is 912. The molecular weight excluding hydrogens is 342 g/mol. The first-order valence-corrected chi connectivity index (χ1v) is 8.92. The summed E-state index contributed by atoms with van der Waals surface area (Å²) in [6, 6.07) is 15.5. The Balaban J connectivity index is 1.42. The molecule has 1 aliphatic rings. The minimum atomic E-state index is -0.295. The molecule has 3 aromatic rings. The van der Waals surface area contributed by atoms with Crippen molar-refractivity contribution in [1.82, 2.24) is 20.3 Å². The Morgan fingerprint density at radius 2 is 1.96 bits per heavy atom. The van der Waals surface area contributed by atoms with Crippen molar-refractivity contribution in [2.24, 2.45) is 0 Å². The van der Waals surface area contributed by atoms with Crippen LogP contribution in [0, 0.1) is 6.92 Å². The lowest BCUT2D eigenvalue weighted by Crippen LogP contribution is -2.33. The maximum absolute atomic E-state index is 12.4. The summed E-state index contributed by atoms with van der Waals surface area (Å²) in [5, 5.41) is 14.6. The molecule has 138 valence electrons. The lowest BCUT2D eigenvalue weighted by atomic mass is 10.1. The topological polar surface area (TPSA) is 81.1 Å². The van der Waals surface area contributed by atoms with Crippen LogP contribution in [-0.4, -0.2) is 40.6 Å². The number of rotatable bonds is 4. The number of carbonyl (C=O) groups excluding carboxylic acids is 1. The van der Waals surface area contributed by atoms with Gasteiger partial charge >= 0.3 is 0 Å². The molecule has 0 spiro atoms. The van der Waals surface area contributed by atoms with E-state index in [1.54, 1.807) is 0 Å². The molecule has 2 N–H and O–H groups in total. The minimum absolute atomic E-state index is 0.0536. The number of nitrogens with one attached hydrogen (secondary N) is 2. The van der Waals surface area contributed by atoms with E-state index in [-0.39, 0.29) is 17.7 Å². The second kappa shape index (κ2) is 7.69. The molecule has 0 bridgehead atoms. The van der Waals surface area contributed by atoms with E-state index in [1.165, 1.54) is 11.0 Å². The molecule has 7 heteroatoms. The van der Waals surface area contributed by atoms with Crippen molar-refractivity contribution < 1.29 is 9.53 Å². The van der Waals surface area contributed by atoms with Gasteiger partial charge in [-0.25, -0.2) is 0 Å². The van der Waals surface area contributed by atoms with Gasteiger partial charge in [0.15, 0.2) is 5.69 Å². The maximum atomic E-state index is 12.4. The molecule has 1 aliphatic heterocycles. The van der Waals surface area contributed by atoms with Gasteiger partial charge in [0.1, 0.15) is 0 Å². The Kier molecular flexibility index (Phi) is 4.95. The highest BCUT2D eigenvalue weighted by Gasteiger charge is 2.16. The predicted octanol–water partition coefficient (Wildman–Crippen LogP) is 2.49. The second-order valence-electron chi connectivity index (χ2n) is 6.49. The van der Waals surface area contributed by atoms with Gasteiger partial charge in [-0.2, -0.15) is 9.90 Å². The van der Waals surface area contributed by atoms with E-state index in [0.717, 1.165) is 29.9 Å². The summed E-state index contributed by atoms with van der Waals surface area (Å²) in [7, 11) is 0. The largest absolute Gasteiger partial charge is 0.371 e. The van der Waals surface area contributed by atoms with E-state index >= 15 is 0 Å². The van der Waals surface area contributed by atoms with Gasteiger partial charge in [0.2, 0.25) is 0 Å². The Morgan fingerprint density at radius 3 is 2.67 bits per heavy atom. The SMILES string of the molecule is Cc1ccc(-n2ncc(C(=O)Nc3ccc([C@H]4CNCCO4)cc3)n2)cc1. The van der Waals surface area contributed by atoms with Crippen molar-refractivity contribution >= 4 is 11.6 Å². The summed E-state index contributed by atoms with van der Waals surface area (Å²) in [4.78, 5) is 13.9. The number of aryl methyl sites for hydroxylation is 1. The highest BCUT2D eigenvalue weighted by Crippen LogP contribution is 2.21. The third-order valence-corrected chi connectivity index (χ3v) is 4.46. The molecule has 0 radical (unpaired) electrons. The monoisotopic (exact) mass is 363 g/mol. The van der Waals surface area contributed by atoms with Crippen molar-refractivity contribution in [2.45, 2.75) is 13.0 Å². The van der Waals surface area contributed by atoms with E-state index in [9.17, 15) is 4.79 Å². The van der Waals surface area contributed by atoms with E-state index < -0.39 is 0 Å². The van der Waals surface area contributed by atoms with Crippen molar-refractivity contribution in [3.8, 4) is 5.69 Å². The zero-order valence-electron chi connectivity index (χ0n) is 15.1. The highest BCUT2D eigenvalue weighted by molar-refractivity contribution is 6.02. The Morgan fingerprint density at radius 1 is 1.19 bits per heavy atom. The van der Waals surface area contributed by atoms with Crippen LogP contribution < -0.4 is 10.6 Å². The van der Waals surface area contributed by atoms with Crippen LogP contribution >= 0.6 is 0 Å². The summed E-state index contributed by atoms with van der Waals surface area (Å²) < 4.78 is 5.74. The van der Waals surface area contributed by atoms with E-state index in [2.05, 4.69) is 20.8 Å². The molecular formula is C20H21N5O2. The third-order valence-electron chi connectivity index (χ3n) is 4.46. The fourth-order valence-electron chi connectivity index (χ4n) is 2.93.